The van der Waals surface area contributed by atoms with Gasteiger partial charge in [-0.05, 0) is 24.8 Å². The Hall–Kier alpha value is -1.48. The maximum absolute atomic E-state index is 12.5. The molecule has 2 rings (SSSR count). The van der Waals surface area contributed by atoms with Gasteiger partial charge in [-0.25, -0.2) is 0 Å². The van der Waals surface area contributed by atoms with Crippen molar-refractivity contribution in [3.63, 3.8) is 0 Å². The highest BCUT2D eigenvalue weighted by Crippen LogP contribution is 2.38. The molecule has 2 N–H and O–H groups in total. The van der Waals surface area contributed by atoms with E-state index >= 15 is 0 Å². The average molecular weight is 356 g/mol. The zero-order valence-corrected chi connectivity index (χ0v) is 15.0. The summed E-state index contributed by atoms with van der Waals surface area (Å²) in [5.74, 6) is -0.497. The smallest absolute Gasteiger partial charge is 0.249 e. The Morgan fingerprint density at radius 1 is 1.42 bits per heavy atom. The molecule has 3 atom stereocenters. The molecule has 8 heteroatoms. The molecule has 0 aromatic carbocycles. The molecule has 7 nitrogen and oxygen atoms in total. The highest BCUT2D eigenvalue weighted by Gasteiger charge is 2.47. The Morgan fingerprint density at radius 2 is 2.12 bits per heavy atom. The number of hydrogen-bond acceptors (Lipinski definition) is 6. The van der Waals surface area contributed by atoms with Crippen LogP contribution in [0.4, 0.5) is 0 Å². The van der Waals surface area contributed by atoms with Crippen LogP contribution in [0.5, 0.6) is 0 Å². The number of nitrogens with zero attached hydrogens (tertiary/aromatic N) is 1. The van der Waals surface area contributed by atoms with Crippen molar-refractivity contribution >= 4 is 23.2 Å². The molecular formula is C16H24N2O5S. The van der Waals surface area contributed by atoms with Crippen molar-refractivity contribution in [2.24, 2.45) is 0 Å². The first-order valence-electron chi connectivity index (χ1n) is 7.73. The molecule has 0 spiro atoms. The molecule has 24 heavy (non-hydrogen) atoms. The Bertz CT molecular complexity index is 561. The second-order valence-corrected chi connectivity index (χ2v) is 7.05. The summed E-state index contributed by atoms with van der Waals surface area (Å²) in [6.07, 6.45) is 0.363. The van der Waals surface area contributed by atoms with E-state index in [9.17, 15) is 14.7 Å². The van der Waals surface area contributed by atoms with Crippen molar-refractivity contribution in [1.29, 1.82) is 0 Å². The van der Waals surface area contributed by atoms with Gasteiger partial charge in [0.1, 0.15) is 13.2 Å². The average Bonchev–Trinajstić information content (AvgIpc) is 3.03. The number of nitrogens with one attached hydrogen (secondary N) is 1. The summed E-state index contributed by atoms with van der Waals surface area (Å²) in [6, 6.07) is 2.71. The maximum Gasteiger partial charge on any atom is 0.249 e. The van der Waals surface area contributed by atoms with Crippen LogP contribution >= 0.6 is 11.3 Å². The van der Waals surface area contributed by atoms with Crippen molar-refractivity contribution in [2.45, 2.75) is 31.0 Å². The van der Waals surface area contributed by atoms with Crippen LogP contribution in [0, 0.1) is 0 Å². The van der Waals surface area contributed by atoms with Gasteiger partial charge >= 0.3 is 0 Å². The number of methoxy groups -OCH3 is 2. The van der Waals surface area contributed by atoms with Crippen LogP contribution in [0.25, 0.3) is 0 Å². The fourth-order valence-electron chi connectivity index (χ4n) is 3.01. The van der Waals surface area contributed by atoms with Gasteiger partial charge in [-0.15, -0.1) is 11.3 Å². The van der Waals surface area contributed by atoms with Crippen LogP contribution in [-0.4, -0.2) is 67.4 Å². The molecular weight excluding hydrogens is 332 g/mol. The first kappa shape index (κ1) is 18.9. The second kappa shape index (κ2) is 8.06. The monoisotopic (exact) mass is 356 g/mol. The van der Waals surface area contributed by atoms with E-state index in [1.165, 1.54) is 25.6 Å². The summed E-state index contributed by atoms with van der Waals surface area (Å²) >= 11 is 1.49. The van der Waals surface area contributed by atoms with Crippen LogP contribution < -0.4 is 5.32 Å². The van der Waals surface area contributed by atoms with Crippen LogP contribution in [-0.2, 0) is 19.1 Å². The summed E-state index contributed by atoms with van der Waals surface area (Å²) < 4.78 is 9.83. The second-order valence-electron chi connectivity index (χ2n) is 6.07. The minimum atomic E-state index is -1.14. The summed E-state index contributed by atoms with van der Waals surface area (Å²) in [6.45, 7) is 1.94. The number of aliphatic hydroxyl groups is 1. The zero-order chi connectivity index (χ0) is 17.7. The van der Waals surface area contributed by atoms with Gasteiger partial charge in [-0.3, -0.25) is 9.59 Å². The van der Waals surface area contributed by atoms with Crippen molar-refractivity contribution in [3.05, 3.63) is 22.4 Å². The van der Waals surface area contributed by atoms with Crippen molar-refractivity contribution in [3.8, 4) is 0 Å². The lowest BCUT2D eigenvalue weighted by Gasteiger charge is -2.48. The van der Waals surface area contributed by atoms with Crippen LogP contribution in [0.1, 0.15) is 24.3 Å². The number of carbonyl (C=O) groups is 2. The number of likely N-dealkylation sites (tertiary alicyclic amines) is 1. The van der Waals surface area contributed by atoms with E-state index in [0.717, 1.165) is 4.88 Å². The molecule has 1 fully saturated rings. The van der Waals surface area contributed by atoms with Gasteiger partial charge in [0.2, 0.25) is 11.8 Å². The quantitative estimate of drug-likeness (QED) is 0.777. The summed E-state index contributed by atoms with van der Waals surface area (Å²) in [4.78, 5) is 27.1. The SMILES string of the molecule is COCC(=O)NC1C(c2cccs2)N(C(=O)COC)CCC1(C)O. The zero-order valence-electron chi connectivity index (χ0n) is 14.2. The van der Waals surface area contributed by atoms with Crippen molar-refractivity contribution < 1.29 is 24.2 Å². The standard InChI is InChI=1S/C16H24N2O5S/c1-16(21)6-7-18(13(20)10-23-3)14(11-5-4-8-24-11)15(16)17-12(19)9-22-2/h4-5,8,14-15,21H,6-7,9-10H2,1-3H3,(H,17,19). The molecule has 0 radical (unpaired) electrons. The topological polar surface area (TPSA) is 88.1 Å². The molecule has 1 aliphatic rings. The van der Waals surface area contributed by atoms with Crippen LogP contribution in [0.3, 0.4) is 0 Å². The molecule has 1 saturated heterocycles. The Morgan fingerprint density at radius 3 is 2.71 bits per heavy atom. The fourth-order valence-corrected chi connectivity index (χ4v) is 3.88. The molecule has 3 unspecified atom stereocenters. The summed E-state index contributed by atoms with van der Waals surface area (Å²) in [7, 11) is 2.90. The van der Waals surface area contributed by atoms with Crippen molar-refractivity contribution in [1.82, 2.24) is 10.2 Å². The van der Waals surface area contributed by atoms with Gasteiger partial charge in [0.15, 0.2) is 0 Å². The van der Waals surface area contributed by atoms with Crippen molar-refractivity contribution in [2.75, 3.05) is 34.0 Å². The lowest BCUT2D eigenvalue weighted by Crippen LogP contribution is -2.63. The number of carbonyl (C=O) groups excluding carboxylic acids is 2. The third kappa shape index (κ3) is 4.13. The van der Waals surface area contributed by atoms with Gasteiger partial charge < -0.3 is 24.8 Å². The Kier molecular flexibility index (Phi) is 6.34. The third-order valence-corrected chi connectivity index (χ3v) is 5.14. The molecule has 0 aliphatic carbocycles. The van der Waals surface area contributed by atoms with E-state index < -0.39 is 17.7 Å². The Balaban J connectivity index is 2.35. The normalized spacial score (nSPS) is 27.1. The van der Waals surface area contributed by atoms with Crippen LogP contribution in [0.2, 0.25) is 0 Å². The number of rotatable bonds is 6. The molecule has 0 saturated carbocycles. The predicted octanol–water partition coefficient (Wildman–Crippen LogP) is 0.550. The molecule has 1 aromatic heterocycles. The number of hydrogen-bond donors (Lipinski definition) is 2. The largest absolute Gasteiger partial charge is 0.388 e. The van der Waals surface area contributed by atoms with E-state index in [1.54, 1.807) is 11.8 Å². The van der Waals surface area contributed by atoms with Gasteiger partial charge in [0.05, 0.1) is 17.7 Å². The third-order valence-electron chi connectivity index (χ3n) is 4.20. The highest BCUT2D eigenvalue weighted by molar-refractivity contribution is 7.10. The molecule has 0 bridgehead atoms. The van der Waals surface area contributed by atoms with E-state index in [0.29, 0.717) is 13.0 Å². The van der Waals surface area contributed by atoms with Crippen LogP contribution in [0.15, 0.2) is 17.5 Å². The Labute approximate surface area is 145 Å². The number of thiophene rings is 1. The molecule has 2 amide bonds. The van der Waals surface area contributed by atoms with Gasteiger partial charge in [0, 0.05) is 25.6 Å². The highest BCUT2D eigenvalue weighted by atomic mass is 32.1. The first-order valence-corrected chi connectivity index (χ1v) is 8.61. The minimum Gasteiger partial charge on any atom is -0.388 e. The first-order chi connectivity index (χ1) is 11.4. The van der Waals surface area contributed by atoms with Gasteiger partial charge in [0.25, 0.3) is 0 Å². The van der Waals surface area contributed by atoms with Gasteiger partial charge in [-0.1, -0.05) is 6.07 Å². The lowest BCUT2D eigenvalue weighted by molar-refractivity contribution is -0.149. The van der Waals surface area contributed by atoms with Gasteiger partial charge in [-0.2, -0.15) is 0 Å². The molecule has 1 aromatic rings. The number of piperidine rings is 1. The van der Waals surface area contributed by atoms with E-state index in [1.807, 2.05) is 17.5 Å². The van der Waals surface area contributed by atoms with E-state index in [4.69, 9.17) is 9.47 Å². The number of ether oxygens (including phenoxy) is 2. The molecule has 1 aliphatic heterocycles. The lowest BCUT2D eigenvalue weighted by atomic mass is 9.81. The molecule has 2 heterocycles. The van der Waals surface area contributed by atoms with E-state index in [2.05, 4.69) is 5.32 Å². The predicted molar refractivity (Wildman–Crippen MR) is 89.7 cm³/mol. The van der Waals surface area contributed by atoms with E-state index in [-0.39, 0.29) is 25.0 Å². The molecule has 134 valence electrons. The summed E-state index contributed by atoms with van der Waals surface area (Å²) in [5, 5.41) is 15.6. The maximum atomic E-state index is 12.5. The fraction of sp³-hybridized carbons (Fsp3) is 0.625. The summed E-state index contributed by atoms with van der Waals surface area (Å²) in [5.41, 5.74) is -1.14. The minimum absolute atomic E-state index is 0.0389. The number of amides is 2.